The van der Waals surface area contributed by atoms with Gasteiger partial charge in [0.05, 0.1) is 0 Å². The third kappa shape index (κ3) is 3.07. The lowest BCUT2D eigenvalue weighted by Crippen LogP contribution is -2.33. The normalized spacial score (nSPS) is 18.5. The molecule has 0 saturated carbocycles. The fourth-order valence-corrected chi connectivity index (χ4v) is 2.45. The molecule has 1 atom stereocenters. The van der Waals surface area contributed by atoms with E-state index in [4.69, 9.17) is 5.73 Å². The average Bonchev–Trinajstić information content (AvgIpc) is 2.67. The van der Waals surface area contributed by atoms with Crippen LogP contribution in [0.4, 0.5) is 18.9 Å². The Kier molecular flexibility index (Phi) is 3.80. The highest BCUT2D eigenvalue weighted by atomic mass is 19.4. The number of hydrogen-bond donors (Lipinski definition) is 1. The minimum absolute atomic E-state index is 0.0263. The van der Waals surface area contributed by atoms with Crippen molar-refractivity contribution in [1.29, 1.82) is 0 Å². The lowest BCUT2D eigenvalue weighted by Gasteiger charge is -2.18. The minimum Gasteiger partial charge on any atom is -0.330 e. The predicted molar refractivity (Wildman–Crippen MR) is 65.9 cm³/mol. The van der Waals surface area contributed by atoms with Crippen LogP contribution >= 0.6 is 0 Å². The van der Waals surface area contributed by atoms with E-state index in [9.17, 15) is 18.0 Å². The molecule has 1 amide bonds. The molecule has 1 aromatic carbocycles. The average molecular weight is 272 g/mol. The highest BCUT2D eigenvalue weighted by Crippen LogP contribution is 2.38. The lowest BCUT2D eigenvalue weighted by molar-refractivity contribution is -0.151. The van der Waals surface area contributed by atoms with E-state index in [2.05, 4.69) is 0 Å². The molecule has 0 fully saturated rings. The molecule has 1 unspecified atom stereocenters. The number of amides is 1. The monoisotopic (exact) mass is 272 g/mol. The smallest absolute Gasteiger partial charge is 0.330 e. The van der Waals surface area contributed by atoms with Crippen molar-refractivity contribution >= 4 is 11.6 Å². The van der Waals surface area contributed by atoms with Crippen LogP contribution in [0.15, 0.2) is 24.3 Å². The van der Waals surface area contributed by atoms with Crippen LogP contribution in [-0.4, -0.2) is 25.2 Å². The number of halogens is 3. The van der Waals surface area contributed by atoms with Crippen molar-refractivity contribution in [1.82, 2.24) is 0 Å². The van der Waals surface area contributed by atoms with Gasteiger partial charge in [0, 0.05) is 18.2 Å². The Morgan fingerprint density at radius 3 is 2.68 bits per heavy atom. The molecule has 1 heterocycles. The van der Waals surface area contributed by atoms with Gasteiger partial charge < -0.3 is 10.6 Å². The van der Waals surface area contributed by atoms with Gasteiger partial charge in [0.2, 0.25) is 5.91 Å². The molecule has 0 spiro atoms. The largest absolute Gasteiger partial charge is 0.397 e. The van der Waals surface area contributed by atoms with Gasteiger partial charge in [-0.1, -0.05) is 18.2 Å². The van der Waals surface area contributed by atoms with Gasteiger partial charge in [-0.25, -0.2) is 0 Å². The zero-order valence-electron chi connectivity index (χ0n) is 10.3. The van der Waals surface area contributed by atoms with Crippen LogP contribution in [0.1, 0.15) is 24.3 Å². The lowest BCUT2D eigenvalue weighted by atomic mass is 9.98. The van der Waals surface area contributed by atoms with Crippen molar-refractivity contribution in [2.24, 2.45) is 5.73 Å². The number of anilines is 1. The van der Waals surface area contributed by atoms with Crippen molar-refractivity contribution in [3.05, 3.63) is 29.8 Å². The highest BCUT2D eigenvalue weighted by molar-refractivity contribution is 5.96. The number of nitrogens with zero attached hydrogens (tertiary/aromatic N) is 1. The van der Waals surface area contributed by atoms with Gasteiger partial charge >= 0.3 is 6.18 Å². The molecule has 2 N–H and O–H groups in total. The van der Waals surface area contributed by atoms with E-state index >= 15 is 0 Å². The first kappa shape index (κ1) is 13.9. The number of nitrogens with two attached hydrogens (primary N) is 1. The first-order valence-electron chi connectivity index (χ1n) is 6.08. The Bertz CT molecular complexity index is 473. The molecule has 0 aromatic heterocycles. The van der Waals surface area contributed by atoms with Crippen molar-refractivity contribution in [2.75, 3.05) is 18.0 Å². The zero-order chi connectivity index (χ0) is 14.0. The Hall–Kier alpha value is -1.56. The molecule has 1 aromatic rings. The number of carbonyl (C=O) groups excluding carboxylic acids is 1. The second kappa shape index (κ2) is 5.21. The van der Waals surface area contributed by atoms with Gasteiger partial charge in [0.15, 0.2) is 0 Å². The maximum Gasteiger partial charge on any atom is 0.397 e. The van der Waals surface area contributed by atoms with Gasteiger partial charge in [-0.2, -0.15) is 13.2 Å². The molecule has 0 radical (unpaired) electrons. The summed E-state index contributed by atoms with van der Waals surface area (Å²) in [6.45, 7) is 0.728. The van der Waals surface area contributed by atoms with E-state index in [0.717, 1.165) is 5.56 Å². The number of alkyl halides is 3. The fraction of sp³-hybridized carbons (Fsp3) is 0.462. The SMILES string of the molecule is NCCC1CN(C(=O)CC(F)(F)F)c2ccccc21. The van der Waals surface area contributed by atoms with Gasteiger partial charge in [-0.05, 0) is 24.6 Å². The van der Waals surface area contributed by atoms with Gasteiger partial charge in [-0.3, -0.25) is 4.79 Å². The Morgan fingerprint density at radius 1 is 1.37 bits per heavy atom. The van der Waals surface area contributed by atoms with Crippen LogP contribution in [0.2, 0.25) is 0 Å². The zero-order valence-corrected chi connectivity index (χ0v) is 10.3. The van der Waals surface area contributed by atoms with Gasteiger partial charge in [0.25, 0.3) is 0 Å². The number of benzene rings is 1. The summed E-state index contributed by atoms with van der Waals surface area (Å²) in [7, 11) is 0. The molecule has 19 heavy (non-hydrogen) atoms. The van der Waals surface area contributed by atoms with Gasteiger partial charge in [0.1, 0.15) is 6.42 Å². The molecule has 6 heteroatoms. The van der Waals surface area contributed by atoms with Crippen LogP contribution in [0.3, 0.4) is 0 Å². The van der Waals surface area contributed by atoms with Crippen LogP contribution in [0, 0.1) is 0 Å². The standard InChI is InChI=1S/C13H15F3N2O/c14-13(15,16)7-12(19)18-8-9(5-6-17)10-3-1-2-4-11(10)18/h1-4,9H,5-8,17H2. The third-order valence-electron chi connectivity index (χ3n) is 3.24. The number of carbonyl (C=O) groups is 1. The molecule has 0 aliphatic carbocycles. The van der Waals surface area contributed by atoms with E-state index in [1.54, 1.807) is 12.1 Å². The van der Waals surface area contributed by atoms with E-state index in [-0.39, 0.29) is 12.5 Å². The van der Waals surface area contributed by atoms with Crippen LogP contribution in [-0.2, 0) is 4.79 Å². The van der Waals surface area contributed by atoms with Crippen LogP contribution < -0.4 is 10.6 Å². The summed E-state index contributed by atoms with van der Waals surface area (Å²) in [4.78, 5) is 13.0. The summed E-state index contributed by atoms with van der Waals surface area (Å²) in [6.07, 6.45) is -5.23. The molecule has 104 valence electrons. The van der Waals surface area contributed by atoms with Crippen molar-refractivity contribution < 1.29 is 18.0 Å². The van der Waals surface area contributed by atoms with Gasteiger partial charge in [-0.15, -0.1) is 0 Å². The summed E-state index contributed by atoms with van der Waals surface area (Å²) < 4.78 is 36.9. The Morgan fingerprint density at radius 2 is 2.05 bits per heavy atom. The summed E-state index contributed by atoms with van der Waals surface area (Å²) in [5.41, 5.74) is 6.99. The fourth-order valence-electron chi connectivity index (χ4n) is 2.45. The second-order valence-electron chi connectivity index (χ2n) is 4.63. The Labute approximate surface area is 109 Å². The second-order valence-corrected chi connectivity index (χ2v) is 4.63. The minimum atomic E-state index is -4.47. The van der Waals surface area contributed by atoms with E-state index < -0.39 is 18.5 Å². The van der Waals surface area contributed by atoms with Crippen LogP contribution in [0.25, 0.3) is 0 Å². The first-order chi connectivity index (χ1) is 8.92. The molecular formula is C13H15F3N2O. The quantitative estimate of drug-likeness (QED) is 0.918. The summed E-state index contributed by atoms with van der Waals surface area (Å²) >= 11 is 0. The predicted octanol–water partition coefficient (Wildman–Crippen LogP) is 2.42. The molecular weight excluding hydrogens is 257 g/mol. The molecule has 0 bridgehead atoms. The molecule has 1 aliphatic heterocycles. The van der Waals surface area contributed by atoms with E-state index in [0.29, 0.717) is 18.7 Å². The van der Waals surface area contributed by atoms with Crippen molar-refractivity contribution in [2.45, 2.75) is 24.9 Å². The van der Waals surface area contributed by atoms with Crippen LogP contribution in [0.5, 0.6) is 0 Å². The molecule has 3 nitrogen and oxygen atoms in total. The molecule has 0 saturated heterocycles. The highest BCUT2D eigenvalue weighted by Gasteiger charge is 2.38. The summed E-state index contributed by atoms with van der Waals surface area (Å²) in [6, 6.07) is 7.06. The summed E-state index contributed by atoms with van der Waals surface area (Å²) in [5.74, 6) is -0.877. The number of hydrogen-bond acceptors (Lipinski definition) is 2. The number of para-hydroxylation sites is 1. The number of rotatable bonds is 3. The van der Waals surface area contributed by atoms with Crippen molar-refractivity contribution in [3.63, 3.8) is 0 Å². The maximum absolute atomic E-state index is 12.3. The molecule has 1 aliphatic rings. The summed E-state index contributed by atoms with van der Waals surface area (Å²) in [5, 5.41) is 0. The molecule has 2 rings (SSSR count). The van der Waals surface area contributed by atoms with E-state index in [1.807, 2.05) is 12.1 Å². The third-order valence-corrected chi connectivity index (χ3v) is 3.24. The Balaban J connectivity index is 2.22. The van der Waals surface area contributed by atoms with Crippen molar-refractivity contribution in [3.8, 4) is 0 Å². The van der Waals surface area contributed by atoms with E-state index in [1.165, 1.54) is 4.90 Å². The topological polar surface area (TPSA) is 46.3 Å². The number of fused-ring (bicyclic) bond motifs is 1. The maximum atomic E-state index is 12.3. The first-order valence-corrected chi connectivity index (χ1v) is 6.08.